The Hall–Kier alpha value is -4.23. The number of carbonyl (C=O) groups excluding carboxylic acids is 2. The summed E-state index contributed by atoms with van der Waals surface area (Å²) in [5.74, 6) is -5.34. The molecule has 1 fully saturated rings. The van der Waals surface area contributed by atoms with Crippen LogP contribution in [0.5, 0.6) is 6.01 Å². The zero-order valence-corrected chi connectivity index (χ0v) is 18.8. The number of anilines is 2. The zero-order chi connectivity index (χ0) is 25.6. The van der Waals surface area contributed by atoms with E-state index in [1.165, 1.54) is 16.0 Å². The summed E-state index contributed by atoms with van der Waals surface area (Å²) in [6.07, 6.45) is 2.89. The van der Waals surface area contributed by atoms with Gasteiger partial charge in [-0.3, -0.25) is 9.48 Å². The summed E-state index contributed by atoms with van der Waals surface area (Å²) < 4.78 is 60.6. The molecule has 0 aliphatic carbocycles. The number of rotatable bonds is 4. The Morgan fingerprint density at radius 1 is 1.08 bits per heavy atom. The molecule has 10 nitrogen and oxygen atoms in total. The van der Waals surface area contributed by atoms with E-state index in [0.717, 1.165) is 12.4 Å². The van der Waals surface area contributed by atoms with Crippen molar-refractivity contribution in [2.45, 2.75) is 38.6 Å². The molecule has 2 aromatic heterocycles. The summed E-state index contributed by atoms with van der Waals surface area (Å²) >= 11 is 0. The molecule has 1 unspecified atom stereocenters. The Labute approximate surface area is 201 Å². The molecule has 5 rings (SSSR count). The second-order valence-corrected chi connectivity index (χ2v) is 8.45. The van der Waals surface area contributed by atoms with Crippen molar-refractivity contribution in [3.8, 4) is 6.01 Å². The predicted octanol–water partition coefficient (Wildman–Crippen LogP) is 2.85. The van der Waals surface area contributed by atoms with Crippen molar-refractivity contribution in [2.24, 2.45) is 0 Å². The highest BCUT2D eigenvalue weighted by atomic mass is 19.2. The van der Waals surface area contributed by atoms with Crippen molar-refractivity contribution in [1.82, 2.24) is 24.6 Å². The third kappa shape index (κ3) is 4.41. The van der Waals surface area contributed by atoms with Gasteiger partial charge in [-0.05, 0) is 6.92 Å². The molecule has 0 saturated carbocycles. The normalized spacial score (nSPS) is 19.4. The van der Waals surface area contributed by atoms with Crippen LogP contribution in [0.3, 0.4) is 0 Å². The summed E-state index contributed by atoms with van der Waals surface area (Å²) in [6.45, 7) is 2.28. The molecule has 188 valence electrons. The number of benzene rings is 1. The molecule has 1 N–H and O–H groups in total. The van der Waals surface area contributed by atoms with E-state index in [0.29, 0.717) is 30.1 Å². The number of nitrogens with one attached hydrogen (secondary N) is 1. The van der Waals surface area contributed by atoms with Crippen LogP contribution in [0.15, 0.2) is 30.7 Å². The van der Waals surface area contributed by atoms with Gasteiger partial charge in [-0.2, -0.15) is 5.10 Å². The van der Waals surface area contributed by atoms with Gasteiger partial charge in [0.25, 0.3) is 0 Å². The summed E-state index contributed by atoms with van der Waals surface area (Å²) in [5.41, 5.74) is 0.821. The van der Waals surface area contributed by atoms with Crippen LogP contribution in [0.2, 0.25) is 0 Å². The fraction of sp³-hybridized carbons (Fsp3) is 0.318. The monoisotopic (exact) mass is 505 g/mol. The SMILES string of the molecule is C[C@H]1Cn2ncc(N3CC(Oc4ncc(F)cn4)CC3=O)c2CN1C(=O)Nc1cc(F)c(F)c(F)c1. The number of aromatic nitrogens is 4. The average molecular weight is 505 g/mol. The first kappa shape index (κ1) is 23.5. The molecule has 0 bridgehead atoms. The van der Waals surface area contributed by atoms with E-state index in [1.807, 2.05) is 0 Å². The Morgan fingerprint density at radius 3 is 2.47 bits per heavy atom. The molecular formula is C22H19F4N7O3. The van der Waals surface area contributed by atoms with Gasteiger partial charge in [-0.1, -0.05) is 0 Å². The van der Waals surface area contributed by atoms with Crippen LogP contribution in [0.1, 0.15) is 19.0 Å². The molecule has 2 atom stereocenters. The van der Waals surface area contributed by atoms with Crippen molar-refractivity contribution in [1.29, 1.82) is 0 Å². The third-order valence-electron chi connectivity index (χ3n) is 5.96. The summed E-state index contributed by atoms with van der Waals surface area (Å²) in [4.78, 5) is 36.0. The molecule has 0 spiro atoms. The van der Waals surface area contributed by atoms with Crippen LogP contribution in [0, 0.1) is 23.3 Å². The number of hydrogen-bond acceptors (Lipinski definition) is 6. The van der Waals surface area contributed by atoms with Gasteiger partial charge in [-0.15, -0.1) is 0 Å². The molecule has 1 aromatic carbocycles. The highest BCUT2D eigenvalue weighted by Gasteiger charge is 2.37. The largest absolute Gasteiger partial charge is 0.458 e. The number of hydrogen-bond donors (Lipinski definition) is 1. The zero-order valence-electron chi connectivity index (χ0n) is 18.8. The third-order valence-corrected chi connectivity index (χ3v) is 5.96. The number of amides is 3. The first-order valence-electron chi connectivity index (χ1n) is 10.9. The molecule has 2 aliphatic rings. The lowest BCUT2D eigenvalue weighted by atomic mass is 10.2. The molecule has 14 heteroatoms. The number of urea groups is 1. The summed E-state index contributed by atoms with van der Waals surface area (Å²) in [7, 11) is 0. The standard InChI is InChI=1S/C22H19F4N7O3/c1-11-8-33-18(10-31(11)22(35)30-13-2-15(24)20(26)16(25)3-13)17(7-29-33)32-9-14(4-19(32)34)36-21-27-5-12(23)6-28-21/h2-3,5-7,11,14H,4,8-10H2,1H3,(H,30,35)/t11-,14?/m0/s1. The Morgan fingerprint density at radius 2 is 1.78 bits per heavy atom. The van der Waals surface area contributed by atoms with E-state index in [2.05, 4.69) is 20.4 Å². The molecule has 3 aromatic rings. The van der Waals surface area contributed by atoms with Crippen molar-refractivity contribution < 1.29 is 31.9 Å². The minimum Gasteiger partial charge on any atom is -0.458 e. The molecule has 1 saturated heterocycles. The van der Waals surface area contributed by atoms with Gasteiger partial charge in [0.05, 0.1) is 62.1 Å². The van der Waals surface area contributed by atoms with Gasteiger partial charge in [0.2, 0.25) is 5.91 Å². The van der Waals surface area contributed by atoms with Gasteiger partial charge in [-0.25, -0.2) is 32.3 Å². The van der Waals surface area contributed by atoms with Gasteiger partial charge >= 0.3 is 12.0 Å². The van der Waals surface area contributed by atoms with E-state index in [1.54, 1.807) is 11.6 Å². The number of halogens is 4. The van der Waals surface area contributed by atoms with Crippen LogP contribution in [0.4, 0.5) is 33.7 Å². The maximum atomic E-state index is 13.6. The minimum atomic E-state index is -1.63. The smallest absolute Gasteiger partial charge is 0.322 e. The second kappa shape index (κ2) is 9.09. The molecular weight excluding hydrogens is 486 g/mol. The topological polar surface area (TPSA) is 105 Å². The van der Waals surface area contributed by atoms with Crippen molar-refractivity contribution in [2.75, 3.05) is 16.8 Å². The number of carbonyl (C=O) groups is 2. The highest BCUT2D eigenvalue weighted by molar-refractivity contribution is 5.97. The van der Waals surface area contributed by atoms with Crippen molar-refractivity contribution in [3.05, 3.63) is 59.7 Å². The first-order chi connectivity index (χ1) is 17.2. The van der Waals surface area contributed by atoms with Gasteiger partial charge in [0.15, 0.2) is 23.3 Å². The number of nitrogens with zero attached hydrogens (tertiary/aromatic N) is 6. The lowest BCUT2D eigenvalue weighted by Crippen LogP contribution is -2.47. The van der Waals surface area contributed by atoms with Crippen LogP contribution in [-0.2, 0) is 17.9 Å². The van der Waals surface area contributed by atoms with Gasteiger partial charge in [0.1, 0.15) is 6.10 Å². The molecule has 0 radical (unpaired) electrons. The van der Waals surface area contributed by atoms with Gasteiger partial charge < -0.3 is 19.9 Å². The summed E-state index contributed by atoms with van der Waals surface area (Å²) in [5, 5.41) is 6.71. The van der Waals surface area contributed by atoms with E-state index in [4.69, 9.17) is 4.74 Å². The van der Waals surface area contributed by atoms with E-state index >= 15 is 0 Å². The number of ether oxygens (including phenoxy) is 1. The Kier molecular flexibility index (Phi) is 5.94. The van der Waals surface area contributed by atoms with Crippen LogP contribution < -0.4 is 15.0 Å². The lowest BCUT2D eigenvalue weighted by molar-refractivity contribution is -0.117. The molecule has 2 aliphatic heterocycles. The quantitative estimate of drug-likeness (QED) is 0.432. The lowest BCUT2D eigenvalue weighted by Gasteiger charge is -2.35. The van der Waals surface area contributed by atoms with Crippen molar-refractivity contribution >= 4 is 23.3 Å². The highest BCUT2D eigenvalue weighted by Crippen LogP contribution is 2.31. The van der Waals surface area contributed by atoms with E-state index in [9.17, 15) is 27.2 Å². The van der Waals surface area contributed by atoms with Gasteiger partial charge in [0, 0.05) is 17.8 Å². The Balaban J connectivity index is 1.31. The minimum absolute atomic E-state index is 0.0354. The fourth-order valence-corrected chi connectivity index (χ4v) is 4.20. The number of fused-ring (bicyclic) bond motifs is 1. The Bertz CT molecular complexity index is 1310. The van der Waals surface area contributed by atoms with Crippen molar-refractivity contribution in [3.63, 3.8) is 0 Å². The van der Waals surface area contributed by atoms with Crippen LogP contribution in [-0.4, -0.2) is 55.3 Å². The second-order valence-electron chi connectivity index (χ2n) is 8.45. The summed E-state index contributed by atoms with van der Waals surface area (Å²) in [6, 6.07) is 0.316. The maximum absolute atomic E-state index is 13.6. The van der Waals surface area contributed by atoms with Crippen LogP contribution in [0.25, 0.3) is 0 Å². The van der Waals surface area contributed by atoms with E-state index < -0.39 is 35.4 Å². The molecule has 4 heterocycles. The predicted molar refractivity (Wildman–Crippen MR) is 116 cm³/mol. The first-order valence-corrected chi connectivity index (χ1v) is 10.9. The molecule has 36 heavy (non-hydrogen) atoms. The maximum Gasteiger partial charge on any atom is 0.322 e. The van der Waals surface area contributed by atoms with E-state index in [-0.39, 0.29) is 43.2 Å². The van der Waals surface area contributed by atoms with Crippen LogP contribution >= 0.6 is 0 Å². The fourth-order valence-electron chi connectivity index (χ4n) is 4.20. The average Bonchev–Trinajstić information content (AvgIpc) is 3.40. The molecule has 3 amide bonds.